The summed E-state index contributed by atoms with van der Waals surface area (Å²) in [5.74, 6) is 1.64. The molecule has 0 unspecified atom stereocenters. The Morgan fingerprint density at radius 3 is 2.75 bits per heavy atom. The van der Waals surface area contributed by atoms with E-state index in [0.717, 1.165) is 25.8 Å². The van der Waals surface area contributed by atoms with E-state index < -0.39 is 0 Å². The zero-order chi connectivity index (χ0) is 17.1. The van der Waals surface area contributed by atoms with Gasteiger partial charge in [-0.25, -0.2) is 4.98 Å². The second kappa shape index (κ2) is 7.19. The minimum absolute atomic E-state index is 0.128. The molecule has 1 fully saturated rings. The van der Waals surface area contributed by atoms with Gasteiger partial charge in [0.1, 0.15) is 5.82 Å². The Morgan fingerprint density at radius 2 is 2.04 bits per heavy atom. The Labute approximate surface area is 140 Å². The number of likely N-dealkylation sites (tertiary alicyclic amines) is 1. The molecule has 2 aromatic rings. The van der Waals surface area contributed by atoms with Gasteiger partial charge in [0, 0.05) is 12.1 Å². The van der Waals surface area contributed by atoms with Crippen LogP contribution in [0.1, 0.15) is 25.1 Å². The Kier molecular flexibility index (Phi) is 5.01. The van der Waals surface area contributed by atoms with Gasteiger partial charge in [0.2, 0.25) is 0 Å². The number of H-pyrrole nitrogens is 1. The summed E-state index contributed by atoms with van der Waals surface area (Å²) in [6.07, 6.45) is 3.19. The molecule has 0 amide bonds. The quantitative estimate of drug-likeness (QED) is 0.857. The van der Waals surface area contributed by atoms with Crippen molar-refractivity contribution >= 4 is 10.9 Å². The van der Waals surface area contributed by atoms with Gasteiger partial charge < -0.3 is 19.6 Å². The van der Waals surface area contributed by atoms with Crippen LogP contribution in [0.2, 0.25) is 0 Å². The molecule has 130 valence electrons. The first-order valence-corrected chi connectivity index (χ1v) is 8.16. The molecule has 0 aliphatic carbocycles. The number of aliphatic hydroxyl groups is 1. The summed E-state index contributed by atoms with van der Waals surface area (Å²) in [5, 5.41) is 9.99. The average Bonchev–Trinajstić information content (AvgIpc) is 2.61. The lowest BCUT2D eigenvalue weighted by Gasteiger charge is -2.34. The molecule has 0 spiro atoms. The number of piperidine rings is 1. The Morgan fingerprint density at radius 1 is 1.29 bits per heavy atom. The number of aromatic nitrogens is 2. The zero-order valence-electron chi connectivity index (χ0n) is 14.0. The smallest absolute Gasteiger partial charge is 0.258 e. The summed E-state index contributed by atoms with van der Waals surface area (Å²) in [6.45, 7) is 1.55. The second-order valence-corrected chi connectivity index (χ2v) is 6.04. The van der Waals surface area contributed by atoms with E-state index >= 15 is 0 Å². The largest absolute Gasteiger partial charge is 0.493 e. The molecule has 1 atom stereocenters. The van der Waals surface area contributed by atoms with E-state index in [1.807, 2.05) is 0 Å². The topological polar surface area (TPSA) is 87.7 Å². The summed E-state index contributed by atoms with van der Waals surface area (Å²) in [7, 11) is 3.09. The first-order valence-electron chi connectivity index (χ1n) is 8.16. The molecule has 3 rings (SSSR count). The van der Waals surface area contributed by atoms with E-state index in [4.69, 9.17) is 9.47 Å². The van der Waals surface area contributed by atoms with Crippen molar-refractivity contribution in [2.24, 2.45) is 0 Å². The molecule has 7 nitrogen and oxygen atoms in total. The molecule has 2 heterocycles. The highest BCUT2D eigenvalue weighted by Gasteiger charge is 2.22. The molecular weight excluding hydrogens is 310 g/mol. The molecule has 1 aliphatic heterocycles. The van der Waals surface area contributed by atoms with Crippen LogP contribution in [0.15, 0.2) is 16.9 Å². The van der Waals surface area contributed by atoms with Gasteiger partial charge in [0.25, 0.3) is 5.56 Å². The number of nitrogens with zero attached hydrogens (tertiary/aromatic N) is 2. The highest BCUT2D eigenvalue weighted by atomic mass is 16.5. The van der Waals surface area contributed by atoms with E-state index in [1.165, 1.54) is 7.11 Å². The van der Waals surface area contributed by atoms with Gasteiger partial charge in [-0.05, 0) is 25.5 Å². The van der Waals surface area contributed by atoms with Crippen LogP contribution in [0, 0.1) is 0 Å². The van der Waals surface area contributed by atoms with Crippen LogP contribution in [0.25, 0.3) is 10.9 Å². The van der Waals surface area contributed by atoms with Crippen LogP contribution in [0.3, 0.4) is 0 Å². The van der Waals surface area contributed by atoms with Crippen molar-refractivity contribution in [2.75, 3.05) is 27.4 Å². The number of ether oxygens (including phenoxy) is 2. The monoisotopic (exact) mass is 333 g/mol. The number of benzene rings is 1. The maximum Gasteiger partial charge on any atom is 0.258 e. The summed E-state index contributed by atoms with van der Waals surface area (Å²) in [6, 6.07) is 3.48. The minimum atomic E-state index is -0.200. The Hall–Kier alpha value is -2.12. The van der Waals surface area contributed by atoms with Crippen molar-refractivity contribution in [2.45, 2.75) is 31.8 Å². The predicted molar refractivity (Wildman–Crippen MR) is 90.6 cm³/mol. The number of methoxy groups -OCH3 is 2. The summed E-state index contributed by atoms with van der Waals surface area (Å²) >= 11 is 0. The normalized spacial score (nSPS) is 18.7. The molecule has 0 saturated carbocycles. The van der Waals surface area contributed by atoms with Crippen molar-refractivity contribution in [1.82, 2.24) is 14.9 Å². The highest BCUT2D eigenvalue weighted by Crippen LogP contribution is 2.30. The van der Waals surface area contributed by atoms with Gasteiger partial charge in [-0.15, -0.1) is 0 Å². The lowest BCUT2D eigenvalue weighted by Crippen LogP contribution is -2.41. The molecule has 1 aromatic carbocycles. The molecule has 1 aromatic heterocycles. The molecule has 7 heteroatoms. The van der Waals surface area contributed by atoms with Gasteiger partial charge >= 0.3 is 0 Å². The average molecular weight is 333 g/mol. The van der Waals surface area contributed by atoms with Gasteiger partial charge in [0.05, 0.1) is 38.3 Å². The Balaban J connectivity index is 1.96. The van der Waals surface area contributed by atoms with Crippen molar-refractivity contribution in [1.29, 1.82) is 0 Å². The van der Waals surface area contributed by atoms with Crippen molar-refractivity contribution in [3.8, 4) is 11.5 Å². The maximum absolute atomic E-state index is 12.4. The van der Waals surface area contributed by atoms with Gasteiger partial charge in [-0.1, -0.05) is 6.42 Å². The minimum Gasteiger partial charge on any atom is -0.493 e. The summed E-state index contributed by atoms with van der Waals surface area (Å²) in [5.41, 5.74) is 0.373. The van der Waals surface area contributed by atoms with Crippen LogP contribution in [0.5, 0.6) is 11.5 Å². The fraction of sp³-hybridized carbons (Fsp3) is 0.529. The fourth-order valence-electron chi connectivity index (χ4n) is 3.26. The van der Waals surface area contributed by atoms with E-state index in [-0.39, 0.29) is 18.2 Å². The molecule has 1 saturated heterocycles. The molecule has 0 radical (unpaired) electrons. The molecule has 24 heavy (non-hydrogen) atoms. The first kappa shape index (κ1) is 16.7. The van der Waals surface area contributed by atoms with Crippen molar-refractivity contribution < 1.29 is 14.6 Å². The second-order valence-electron chi connectivity index (χ2n) is 6.04. The van der Waals surface area contributed by atoms with E-state index in [2.05, 4.69) is 14.9 Å². The van der Waals surface area contributed by atoms with Crippen LogP contribution >= 0.6 is 0 Å². The van der Waals surface area contributed by atoms with Crippen molar-refractivity contribution in [3.63, 3.8) is 0 Å². The SMILES string of the molecule is COc1cc2nc(CN3CCCC[C@@H]3CO)[nH]c(=O)c2cc1OC. The van der Waals surface area contributed by atoms with Gasteiger partial charge in [-0.2, -0.15) is 0 Å². The molecule has 0 bridgehead atoms. The van der Waals surface area contributed by atoms with Gasteiger partial charge in [-0.3, -0.25) is 9.69 Å². The number of nitrogens with one attached hydrogen (secondary N) is 1. The number of aromatic amines is 1. The standard InChI is InChI=1S/C17H23N3O4/c1-23-14-7-12-13(8-15(14)24-2)18-16(19-17(12)22)9-20-6-4-3-5-11(20)10-21/h7-8,11,21H,3-6,9-10H2,1-2H3,(H,18,19,22)/t11-/m1/s1. The number of hydrogen-bond donors (Lipinski definition) is 2. The lowest BCUT2D eigenvalue weighted by molar-refractivity contribution is 0.0819. The third kappa shape index (κ3) is 3.22. The fourth-order valence-corrected chi connectivity index (χ4v) is 3.26. The van der Waals surface area contributed by atoms with Crippen LogP contribution in [-0.2, 0) is 6.54 Å². The number of aliphatic hydroxyl groups excluding tert-OH is 1. The van der Waals surface area contributed by atoms with Crippen LogP contribution in [-0.4, -0.2) is 53.4 Å². The Bertz CT molecular complexity index is 774. The van der Waals surface area contributed by atoms with E-state index in [9.17, 15) is 9.90 Å². The third-order valence-electron chi connectivity index (χ3n) is 4.57. The lowest BCUT2D eigenvalue weighted by atomic mass is 10.0. The highest BCUT2D eigenvalue weighted by molar-refractivity contribution is 5.81. The molecule has 1 aliphatic rings. The predicted octanol–water partition coefficient (Wildman–Crippen LogP) is 1.29. The first-order chi connectivity index (χ1) is 11.7. The number of hydrogen-bond acceptors (Lipinski definition) is 6. The van der Waals surface area contributed by atoms with Crippen LogP contribution in [0.4, 0.5) is 0 Å². The summed E-state index contributed by atoms with van der Waals surface area (Å²) < 4.78 is 10.5. The molecule has 2 N–H and O–H groups in total. The third-order valence-corrected chi connectivity index (χ3v) is 4.57. The van der Waals surface area contributed by atoms with Crippen LogP contribution < -0.4 is 15.0 Å². The number of fused-ring (bicyclic) bond motifs is 1. The maximum atomic E-state index is 12.4. The zero-order valence-corrected chi connectivity index (χ0v) is 14.0. The number of rotatable bonds is 5. The van der Waals surface area contributed by atoms with E-state index in [1.54, 1.807) is 19.2 Å². The molecular formula is C17H23N3O4. The summed E-state index contributed by atoms with van der Waals surface area (Å²) in [4.78, 5) is 22.0. The van der Waals surface area contributed by atoms with E-state index in [0.29, 0.717) is 34.8 Å². The van der Waals surface area contributed by atoms with Gasteiger partial charge in [0.15, 0.2) is 11.5 Å². The van der Waals surface area contributed by atoms with Crippen molar-refractivity contribution in [3.05, 3.63) is 28.3 Å².